The summed E-state index contributed by atoms with van der Waals surface area (Å²) in [4.78, 5) is 18.6. The van der Waals surface area contributed by atoms with Crippen LogP contribution in [0.5, 0.6) is 0 Å². The Balaban J connectivity index is 1.54. The summed E-state index contributed by atoms with van der Waals surface area (Å²) in [6, 6.07) is 2.76. The molecule has 2 fully saturated rings. The summed E-state index contributed by atoms with van der Waals surface area (Å²) in [6.07, 6.45) is 7.87. The van der Waals surface area contributed by atoms with Crippen LogP contribution in [-0.2, 0) is 0 Å². The van der Waals surface area contributed by atoms with E-state index in [9.17, 15) is 4.79 Å². The molecule has 1 amide bonds. The summed E-state index contributed by atoms with van der Waals surface area (Å²) in [5.41, 5.74) is 0.515. The molecule has 1 saturated carbocycles. The lowest BCUT2D eigenvalue weighted by molar-refractivity contribution is 0.0909. The standard InChI is InChI=1S/C14H18ClN3O/c15-13-9-16-6-3-12(13)14(19)17-10-4-7-18(8-5-10)11-1-2-11/h3,6,9-11H,1-2,4-5,7-8H2,(H,17,19). The molecule has 0 unspecified atom stereocenters. The molecule has 1 N–H and O–H groups in total. The Morgan fingerprint density at radius 1 is 1.32 bits per heavy atom. The molecule has 0 atom stereocenters. The minimum Gasteiger partial charge on any atom is -0.349 e. The van der Waals surface area contributed by atoms with Crippen molar-refractivity contribution in [1.82, 2.24) is 15.2 Å². The molecule has 1 saturated heterocycles. The SMILES string of the molecule is O=C(NC1CCN(C2CC2)CC1)c1ccncc1Cl. The zero-order valence-electron chi connectivity index (χ0n) is 10.8. The summed E-state index contributed by atoms with van der Waals surface area (Å²) in [5, 5.41) is 3.49. The highest BCUT2D eigenvalue weighted by Crippen LogP contribution is 2.29. The number of carbonyl (C=O) groups is 1. The van der Waals surface area contributed by atoms with Crippen molar-refractivity contribution in [2.75, 3.05) is 13.1 Å². The molecule has 4 nitrogen and oxygen atoms in total. The van der Waals surface area contributed by atoms with Gasteiger partial charge < -0.3 is 10.2 Å². The Kier molecular flexibility index (Phi) is 3.71. The third-order valence-corrected chi connectivity index (χ3v) is 4.25. The number of nitrogens with zero attached hydrogens (tertiary/aromatic N) is 2. The number of amides is 1. The minimum absolute atomic E-state index is 0.0859. The van der Waals surface area contributed by atoms with Crippen LogP contribution >= 0.6 is 11.6 Å². The van der Waals surface area contributed by atoms with Gasteiger partial charge in [-0.2, -0.15) is 0 Å². The predicted octanol–water partition coefficient (Wildman–Crippen LogP) is 2.09. The van der Waals surface area contributed by atoms with Gasteiger partial charge in [-0.25, -0.2) is 0 Å². The van der Waals surface area contributed by atoms with Crippen LogP contribution in [0.1, 0.15) is 36.0 Å². The molecule has 1 aromatic heterocycles. The molecule has 0 aromatic carbocycles. The fourth-order valence-electron chi connectivity index (χ4n) is 2.67. The topological polar surface area (TPSA) is 45.2 Å². The molecule has 1 aromatic rings. The number of carbonyl (C=O) groups excluding carboxylic acids is 1. The van der Waals surface area contributed by atoms with Gasteiger partial charge in [-0.15, -0.1) is 0 Å². The number of likely N-dealkylation sites (tertiary alicyclic amines) is 1. The highest BCUT2D eigenvalue weighted by Gasteiger charge is 2.32. The molecule has 0 radical (unpaired) electrons. The van der Waals surface area contributed by atoms with E-state index in [2.05, 4.69) is 15.2 Å². The van der Waals surface area contributed by atoms with E-state index >= 15 is 0 Å². The van der Waals surface area contributed by atoms with Crippen molar-refractivity contribution in [3.63, 3.8) is 0 Å². The molecular weight excluding hydrogens is 262 g/mol. The maximum Gasteiger partial charge on any atom is 0.253 e. The quantitative estimate of drug-likeness (QED) is 0.922. The molecule has 1 aliphatic heterocycles. The number of aromatic nitrogens is 1. The Labute approximate surface area is 118 Å². The predicted molar refractivity (Wildman–Crippen MR) is 74.3 cm³/mol. The molecule has 0 bridgehead atoms. The molecule has 2 heterocycles. The lowest BCUT2D eigenvalue weighted by atomic mass is 10.0. The summed E-state index contributed by atoms with van der Waals surface area (Å²) in [5.74, 6) is -0.0859. The van der Waals surface area contributed by atoms with Gasteiger partial charge in [0.15, 0.2) is 0 Å². The Hall–Kier alpha value is -1.13. The van der Waals surface area contributed by atoms with Gasteiger partial charge in [0.1, 0.15) is 0 Å². The van der Waals surface area contributed by atoms with Crippen molar-refractivity contribution in [2.24, 2.45) is 0 Å². The number of piperidine rings is 1. The van der Waals surface area contributed by atoms with Crippen molar-refractivity contribution < 1.29 is 4.79 Å². The van der Waals surface area contributed by atoms with Gasteiger partial charge in [-0.05, 0) is 31.7 Å². The van der Waals surface area contributed by atoms with Gasteiger partial charge in [-0.3, -0.25) is 9.78 Å². The third-order valence-electron chi connectivity index (χ3n) is 3.95. The maximum atomic E-state index is 12.1. The van der Waals surface area contributed by atoms with E-state index in [1.165, 1.54) is 19.0 Å². The van der Waals surface area contributed by atoms with Gasteiger partial charge in [0.2, 0.25) is 0 Å². The number of hydrogen-bond acceptors (Lipinski definition) is 3. The molecule has 19 heavy (non-hydrogen) atoms. The molecule has 5 heteroatoms. The number of rotatable bonds is 3. The van der Waals surface area contributed by atoms with E-state index in [1.807, 2.05) is 0 Å². The Morgan fingerprint density at radius 2 is 2.05 bits per heavy atom. The normalized spacial score (nSPS) is 21.3. The zero-order chi connectivity index (χ0) is 13.2. The van der Waals surface area contributed by atoms with Crippen LogP contribution in [-0.4, -0.2) is 41.0 Å². The number of nitrogens with one attached hydrogen (secondary N) is 1. The van der Waals surface area contributed by atoms with Gasteiger partial charge in [0, 0.05) is 37.6 Å². The minimum atomic E-state index is -0.0859. The first-order valence-corrected chi connectivity index (χ1v) is 7.26. The van der Waals surface area contributed by atoms with Gasteiger partial charge >= 0.3 is 0 Å². The fraction of sp³-hybridized carbons (Fsp3) is 0.571. The van der Waals surface area contributed by atoms with Crippen LogP contribution in [0.4, 0.5) is 0 Å². The molecule has 102 valence electrons. The molecule has 2 aliphatic rings. The van der Waals surface area contributed by atoms with E-state index in [-0.39, 0.29) is 11.9 Å². The fourth-order valence-corrected chi connectivity index (χ4v) is 2.88. The Bertz CT molecular complexity index is 468. The van der Waals surface area contributed by atoms with Gasteiger partial charge in [0.25, 0.3) is 5.91 Å². The van der Waals surface area contributed by atoms with E-state index < -0.39 is 0 Å². The van der Waals surface area contributed by atoms with Gasteiger partial charge in [0.05, 0.1) is 10.6 Å². The van der Waals surface area contributed by atoms with E-state index in [1.54, 1.807) is 12.3 Å². The van der Waals surface area contributed by atoms with Crippen LogP contribution in [0.2, 0.25) is 5.02 Å². The second-order valence-electron chi connectivity index (χ2n) is 5.37. The first-order chi connectivity index (χ1) is 9.24. The van der Waals surface area contributed by atoms with E-state index in [4.69, 9.17) is 11.6 Å². The zero-order valence-corrected chi connectivity index (χ0v) is 11.6. The first kappa shape index (κ1) is 12.9. The summed E-state index contributed by atoms with van der Waals surface area (Å²) >= 11 is 5.98. The second kappa shape index (κ2) is 5.47. The lowest BCUT2D eigenvalue weighted by Gasteiger charge is -2.32. The number of hydrogen-bond donors (Lipinski definition) is 1. The van der Waals surface area contributed by atoms with Crippen LogP contribution in [0.25, 0.3) is 0 Å². The lowest BCUT2D eigenvalue weighted by Crippen LogP contribution is -2.45. The first-order valence-electron chi connectivity index (χ1n) is 6.88. The smallest absolute Gasteiger partial charge is 0.253 e. The third kappa shape index (κ3) is 3.07. The van der Waals surface area contributed by atoms with Crippen molar-refractivity contribution >= 4 is 17.5 Å². The van der Waals surface area contributed by atoms with Crippen molar-refractivity contribution in [1.29, 1.82) is 0 Å². The summed E-state index contributed by atoms with van der Waals surface area (Å²) in [7, 11) is 0. The summed E-state index contributed by atoms with van der Waals surface area (Å²) in [6.45, 7) is 2.19. The molecule has 3 rings (SSSR count). The van der Waals surface area contributed by atoms with Crippen LogP contribution in [0, 0.1) is 0 Å². The highest BCUT2D eigenvalue weighted by molar-refractivity contribution is 6.33. The second-order valence-corrected chi connectivity index (χ2v) is 5.78. The van der Waals surface area contributed by atoms with E-state index in [0.29, 0.717) is 10.6 Å². The monoisotopic (exact) mass is 279 g/mol. The van der Waals surface area contributed by atoms with Gasteiger partial charge in [-0.1, -0.05) is 11.6 Å². The molecule has 1 aliphatic carbocycles. The number of halogens is 1. The van der Waals surface area contributed by atoms with Crippen molar-refractivity contribution in [2.45, 2.75) is 37.8 Å². The van der Waals surface area contributed by atoms with Crippen LogP contribution in [0.3, 0.4) is 0 Å². The Morgan fingerprint density at radius 3 is 2.68 bits per heavy atom. The number of pyridine rings is 1. The average molecular weight is 280 g/mol. The van der Waals surface area contributed by atoms with Crippen LogP contribution < -0.4 is 5.32 Å². The largest absolute Gasteiger partial charge is 0.349 e. The van der Waals surface area contributed by atoms with Crippen molar-refractivity contribution in [3.05, 3.63) is 29.0 Å². The maximum absolute atomic E-state index is 12.1. The van der Waals surface area contributed by atoms with Crippen LogP contribution in [0.15, 0.2) is 18.5 Å². The molecular formula is C14H18ClN3O. The van der Waals surface area contributed by atoms with Crippen molar-refractivity contribution in [3.8, 4) is 0 Å². The average Bonchev–Trinajstić information content (AvgIpc) is 3.24. The molecule has 0 spiro atoms. The summed E-state index contributed by atoms with van der Waals surface area (Å²) < 4.78 is 0. The highest BCUT2D eigenvalue weighted by atomic mass is 35.5. The van der Waals surface area contributed by atoms with E-state index in [0.717, 1.165) is 32.0 Å².